The predicted octanol–water partition coefficient (Wildman–Crippen LogP) is 3.94. The molecule has 0 aliphatic carbocycles. The number of hydrogen-bond donors (Lipinski definition) is 2. The molecule has 1 fully saturated rings. The second-order valence-corrected chi connectivity index (χ2v) is 6.30. The number of anilines is 2. The van der Waals surface area contributed by atoms with Crippen molar-refractivity contribution in [1.82, 2.24) is 9.97 Å². The molecule has 128 valence electrons. The van der Waals surface area contributed by atoms with Gasteiger partial charge < -0.3 is 15.4 Å². The largest absolute Gasteiger partial charge is 0.376 e. The fraction of sp³-hybridized carbons (Fsp3) is 0.474. The molecule has 0 saturated carbocycles. The number of benzene rings is 1. The van der Waals surface area contributed by atoms with Crippen molar-refractivity contribution >= 4 is 11.8 Å². The molecule has 2 N–H and O–H groups in total. The van der Waals surface area contributed by atoms with Gasteiger partial charge >= 0.3 is 0 Å². The van der Waals surface area contributed by atoms with Crippen molar-refractivity contribution in [2.75, 3.05) is 23.8 Å². The van der Waals surface area contributed by atoms with Gasteiger partial charge in [-0.25, -0.2) is 4.98 Å². The van der Waals surface area contributed by atoms with Crippen LogP contribution in [0.2, 0.25) is 0 Å². The SMILES string of the molecule is CC[C@H](C)Nc1nc(NC[C@@H]2CCCO2)cc(-c2ccccc2)n1. The normalized spacial score (nSPS) is 18.3. The van der Waals surface area contributed by atoms with Crippen LogP contribution in [0.15, 0.2) is 36.4 Å². The van der Waals surface area contributed by atoms with Crippen LogP contribution in [-0.2, 0) is 4.74 Å². The summed E-state index contributed by atoms with van der Waals surface area (Å²) >= 11 is 0. The first-order chi connectivity index (χ1) is 11.7. The summed E-state index contributed by atoms with van der Waals surface area (Å²) in [6.45, 7) is 5.94. The average Bonchev–Trinajstić information content (AvgIpc) is 3.14. The van der Waals surface area contributed by atoms with Gasteiger partial charge in [0.1, 0.15) is 5.82 Å². The molecule has 1 aliphatic heterocycles. The van der Waals surface area contributed by atoms with Crippen molar-refractivity contribution in [2.45, 2.75) is 45.3 Å². The summed E-state index contributed by atoms with van der Waals surface area (Å²) in [5.41, 5.74) is 2.01. The van der Waals surface area contributed by atoms with Gasteiger partial charge in [0, 0.05) is 30.8 Å². The van der Waals surface area contributed by atoms with Gasteiger partial charge in [-0.2, -0.15) is 4.98 Å². The minimum Gasteiger partial charge on any atom is -0.376 e. The number of hydrogen-bond acceptors (Lipinski definition) is 5. The smallest absolute Gasteiger partial charge is 0.225 e. The topological polar surface area (TPSA) is 59.1 Å². The van der Waals surface area contributed by atoms with Gasteiger partial charge in [-0.15, -0.1) is 0 Å². The molecule has 0 radical (unpaired) electrons. The van der Waals surface area contributed by atoms with Crippen LogP contribution in [-0.4, -0.2) is 35.3 Å². The zero-order valence-corrected chi connectivity index (χ0v) is 14.5. The monoisotopic (exact) mass is 326 g/mol. The Kier molecular flexibility index (Phi) is 5.64. The van der Waals surface area contributed by atoms with Crippen LogP contribution in [0.4, 0.5) is 11.8 Å². The van der Waals surface area contributed by atoms with Crippen LogP contribution in [0.25, 0.3) is 11.3 Å². The van der Waals surface area contributed by atoms with Crippen LogP contribution >= 0.6 is 0 Å². The summed E-state index contributed by atoms with van der Waals surface area (Å²) in [7, 11) is 0. The first-order valence-electron chi connectivity index (χ1n) is 8.81. The summed E-state index contributed by atoms with van der Waals surface area (Å²) in [4.78, 5) is 9.30. The van der Waals surface area contributed by atoms with E-state index in [1.54, 1.807) is 0 Å². The Bertz CT molecular complexity index is 641. The van der Waals surface area contributed by atoms with E-state index >= 15 is 0 Å². The molecule has 0 amide bonds. The lowest BCUT2D eigenvalue weighted by atomic mass is 10.1. The number of rotatable bonds is 7. The van der Waals surface area contributed by atoms with Crippen molar-refractivity contribution in [1.29, 1.82) is 0 Å². The lowest BCUT2D eigenvalue weighted by Crippen LogP contribution is -2.20. The first kappa shape index (κ1) is 16.7. The molecule has 0 bridgehead atoms. The molecule has 2 aromatic rings. The van der Waals surface area contributed by atoms with Crippen molar-refractivity contribution in [3.05, 3.63) is 36.4 Å². The van der Waals surface area contributed by atoms with Crippen LogP contribution in [0.1, 0.15) is 33.1 Å². The zero-order chi connectivity index (χ0) is 16.8. The third kappa shape index (κ3) is 4.45. The fourth-order valence-corrected chi connectivity index (χ4v) is 2.71. The van der Waals surface area contributed by atoms with Gasteiger partial charge in [0.25, 0.3) is 0 Å². The summed E-state index contributed by atoms with van der Waals surface area (Å²) in [5, 5.41) is 6.79. The summed E-state index contributed by atoms with van der Waals surface area (Å²) in [6.07, 6.45) is 3.57. The standard InChI is InChI=1S/C19H26N4O/c1-3-14(2)21-19-22-17(15-8-5-4-6-9-15)12-18(23-19)20-13-16-10-7-11-24-16/h4-6,8-9,12,14,16H,3,7,10-11,13H2,1-2H3,(H2,20,21,22,23)/t14-,16-/m0/s1. The molecule has 1 aliphatic rings. The molecular weight excluding hydrogens is 300 g/mol. The molecule has 2 heterocycles. The Morgan fingerprint density at radius 1 is 1.25 bits per heavy atom. The zero-order valence-electron chi connectivity index (χ0n) is 14.5. The summed E-state index contributed by atoms with van der Waals surface area (Å²) in [6, 6.07) is 12.5. The number of nitrogens with one attached hydrogen (secondary N) is 2. The van der Waals surface area contributed by atoms with E-state index in [0.717, 1.165) is 49.5 Å². The van der Waals surface area contributed by atoms with Crippen LogP contribution in [0.3, 0.4) is 0 Å². The maximum absolute atomic E-state index is 5.68. The first-order valence-corrected chi connectivity index (χ1v) is 8.81. The lowest BCUT2D eigenvalue weighted by Gasteiger charge is -2.16. The van der Waals surface area contributed by atoms with E-state index in [1.807, 2.05) is 24.3 Å². The molecule has 24 heavy (non-hydrogen) atoms. The van der Waals surface area contributed by atoms with Crippen molar-refractivity contribution in [3.8, 4) is 11.3 Å². The van der Waals surface area contributed by atoms with Crippen LogP contribution in [0, 0.1) is 0 Å². The highest BCUT2D eigenvalue weighted by Gasteiger charge is 2.16. The van der Waals surface area contributed by atoms with Gasteiger partial charge in [-0.1, -0.05) is 37.3 Å². The number of nitrogens with zero attached hydrogens (tertiary/aromatic N) is 2. The number of ether oxygens (including phenoxy) is 1. The quantitative estimate of drug-likeness (QED) is 0.807. The Hall–Kier alpha value is -2.14. The lowest BCUT2D eigenvalue weighted by molar-refractivity contribution is 0.120. The van der Waals surface area contributed by atoms with E-state index in [1.165, 1.54) is 0 Å². The van der Waals surface area contributed by atoms with Crippen molar-refractivity contribution < 1.29 is 4.74 Å². The van der Waals surface area contributed by atoms with Crippen LogP contribution in [0.5, 0.6) is 0 Å². The Balaban J connectivity index is 1.81. The minimum absolute atomic E-state index is 0.283. The Morgan fingerprint density at radius 3 is 2.79 bits per heavy atom. The fourth-order valence-electron chi connectivity index (χ4n) is 2.71. The van der Waals surface area contributed by atoms with Crippen LogP contribution < -0.4 is 10.6 Å². The highest BCUT2D eigenvalue weighted by atomic mass is 16.5. The maximum Gasteiger partial charge on any atom is 0.225 e. The van der Waals surface area contributed by atoms with E-state index in [-0.39, 0.29) is 6.10 Å². The molecule has 5 nitrogen and oxygen atoms in total. The van der Waals surface area contributed by atoms with Gasteiger partial charge in [0.2, 0.25) is 5.95 Å². The highest BCUT2D eigenvalue weighted by molar-refractivity contribution is 5.64. The molecule has 5 heteroatoms. The molecule has 0 unspecified atom stereocenters. The van der Waals surface area contributed by atoms with E-state index in [2.05, 4.69) is 46.6 Å². The molecule has 2 atom stereocenters. The van der Waals surface area contributed by atoms with E-state index < -0.39 is 0 Å². The predicted molar refractivity (Wildman–Crippen MR) is 98.3 cm³/mol. The molecule has 1 saturated heterocycles. The minimum atomic E-state index is 0.283. The van der Waals surface area contributed by atoms with Gasteiger partial charge in [-0.3, -0.25) is 0 Å². The Labute approximate surface area is 143 Å². The van der Waals surface area contributed by atoms with E-state index in [0.29, 0.717) is 12.0 Å². The summed E-state index contributed by atoms with van der Waals surface area (Å²) < 4.78 is 5.68. The maximum atomic E-state index is 5.68. The summed E-state index contributed by atoms with van der Waals surface area (Å²) in [5.74, 6) is 1.51. The second-order valence-electron chi connectivity index (χ2n) is 6.30. The van der Waals surface area contributed by atoms with E-state index in [4.69, 9.17) is 4.74 Å². The number of aromatic nitrogens is 2. The second kappa shape index (κ2) is 8.11. The molecule has 1 aromatic heterocycles. The highest BCUT2D eigenvalue weighted by Crippen LogP contribution is 2.22. The van der Waals surface area contributed by atoms with Crippen molar-refractivity contribution in [3.63, 3.8) is 0 Å². The molecule has 3 rings (SSSR count). The van der Waals surface area contributed by atoms with Gasteiger partial charge in [0.05, 0.1) is 11.8 Å². The average molecular weight is 326 g/mol. The third-order valence-corrected chi connectivity index (χ3v) is 4.32. The molecular formula is C19H26N4O. The van der Waals surface area contributed by atoms with Gasteiger partial charge in [-0.05, 0) is 26.2 Å². The Morgan fingerprint density at radius 2 is 2.08 bits per heavy atom. The van der Waals surface area contributed by atoms with Gasteiger partial charge in [0.15, 0.2) is 0 Å². The molecule has 0 spiro atoms. The van der Waals surface area contributed by atoms with E-state index in [9.17, 15) is 0 Å². The third-order valence-electron chi connectivity index (χ3n) is 4.32. The van der Waals surface area contributed by atoms with Crippen molar-refractivity contribution in [2.24, 2.45) is 0 Å². The molecule has 1 aromatic carbocycles.